The van der Waals surface area contributed by atoms with Crippen LogP contribution in [-0.4, -0.2) is 47.4 Å². The van der Waals surface area contributed by atoms with Gasteiger partial charge >= 0.3 is 6.18 Å². The molecule has 8 nitrogen and oxygen atoms in total. The van der Waals surface area contributed by atoms with Gasteiger partial charge in [0.05, 0.1) is 19.3 Å². The Morgan fingerprint density at radius 3 is 2.60 bits per heavy atom. The number of pyridine rings is 2. The molecular weight excluding hydrogens is 556 g/mol. The van der Waals surface area contributed by atoms with Crippen LogP contribution in [0.2, 0.25) is 0 Å². The van der Waals surface area contributed by atoms with Gasteiger partial charge in [-0.25, -0.2) is 9.37 Å². The predicted molar refractivity (Wildman–Crippen MR) is 144 cm³/mol. The average molecular weight is 583 g/mol. The van der Waals surface area contributed by atoms with Gasteiger partial charge in [-0.15, -0.1) is 0 Å². The van der Waals surface area contributed by atoms with E-state index in [4.69, 9.17) is 15.2 Å². The molecule has 12 heteroatoms. The molecule has 1 amide bonds. The normalized spacial score (nSPS) is 19.6. The highest BCUT2D eigenvalue weighted by molar-refractivity contribution is 5.99. The molecule has 218 valence electrons. The highest BCUT2D eigenvalue weighted by Gasteiger charge is 2.59. The zero-order chi connectivity index (χ0) is 29.9. The highest BCUT2D eigenvalue weighted by atomic mass is 19.4. The van der Waals surface area contributed by atoms with Crippen molar-refractivity contribution in [3.05, 3.63) is 83.4 Å². The molecule has 4 aromatic rings. The van der Waals surface area contributed by atoms with Gasteiger partial charge in [-0.2, -0.15) is 13.2 Å². The van der Waals surface area contributed by atoms with Crippen molar-refractivity contribution in [1.82, 2.24) is 15.3 Å². The second-order valence-electron chi connectivity index (χ2n) is 10.6. The topological polar surface area (TPSA) is 120 Å². The van der Waals surface area contributed by atoms with Crippen molar-refractivity contribution in [2.24, 2.45) is 11.7 Å². The van der Waals surface area contributed by atoms with Gasteiger partial charge in [0, 0.05) is 28.3 Å². The molecule has 1 fully saturated rings. The Kier molecular flexibility index (Phi) is 6.58. The largest absolute Gasteiger partial charge is 0.494 e. The summed E-state index contributed by atoms with van der Waals surface area (Å²) in [6, 6.07) is 12.7. The summed E-state index contributed by atoms with van der Waals surface area (Å²) < 4.78 is 67.2. The number of carbonyl (C=O) groups is 1. The fraction of sp³-hybridized carbons (Fsp3) is 0.300. The summed E-state index contributed by atoms with van der Waals surface area (Å²) in [4.78, 5) is 22.1. The molecule has 3 heterocycles. The summed E-state index contributed by atoms with van der Waals surface area (Å²) in [7, 11) is 1.46. The Bertz CT molecular complexity index is 1690. The minimum absolute atomic E-state index is 0.0174. The molecule has 1 aliphatic carbocycles. The number of hydrogen-bond acceptors (Lipinski definition) is 7. The molecule has 1 saturated carbocycles. The molecule has 0 saturated heterocycles. The molecule has 2 aromatic heterocycles. The zero-order valence-corrected chi connectivity index (χ0v) is 22.3. The lowest BCUT2D eigenvalue weighted by atomic mass is 9.86. The number of aliphatic hydroxyl groups is 1. The first kappa shape index (κ1) is 27.9. The van der Waals surface area contributed by atoms with E-state index in [0.717, 1.165) is 18.2 Å². The molecule has 0 spiro atoms. The first-order valence-corrected chi connectivity index (χ1v) is 13.2. The van der Waals surface area contributed by atoms with Gasteiger partial charge in [0.25, 0.3) is 5.91 Å². The van der Waals surface area contributed by atoms with Crippen molar-refractivity contribution in [2.75, 3.05) is 20.3 Å². The molecule has 4 N–H and O–H groups in total. The van der Waals surface area contributed by atoms with Crippen LogP contribution < -0.4 is 20.5 Å². The van der Waals surface area contributed by atoms with Gasteiger partial charge in [-0.1, -0.05) is 6.07 Å². The minimum Gasteiger partial charge on any atom is -0.494 e. The fourth-order valence-corrected chi connectivity index (χ4v) is 5.30. The van der Waals surface area contributed by atoms with Crippen LogP contribution in [-0.2, 0) is 11.1 Å². The minimum atomic E-state index is -4.88. The van der Waals surface area contributed by atoms with Crippen molar-refractivity contribution in [2.45, 2.75) is 30.2 Å². The van der Waals surface area contributed by atoms with Crippen LogP contribution in [0.3, 0.4) is 0 Å². The average Bonchev–Trinajstić information content (AvgIpc) is 3.78. The number of fused-ring (bicyclic) bond motifs is 2. The third-order valence-corrected chi connectivity index (χ3v) is 7.89. The number of rotatable bonds is 7. The fourth-order valence-electron chi connectivity index (χ4n) is 5.30. The Morgan fingerprint density at radius 1 is 1.19 bits per heavy atom. The van der Waals surface area contributed by atoms with Crippen molar-refractivity contribution < 1.29 is 36.9 Å². The number of nitrogens with two attached hydrogens (primary N) is 1. The first-order chi connectivity index (χ1) is 19.9. The number of amides is 1. The van der Waals surface area contributed by atoms with E-state index in [2.05, 4.69) is 15.3 Å². The van der Waals surface area contributed by atoms with E-state index >= 15 is 0 Å². The van der Waals surface area contributed by atoms with E-state index < -0.39 is 41.2 Å². The SMILES string of the molecule is COc1cc(C(=O)NCC(O)(c2cc3c(c(-c4ccc(F)cc4)n2)OCC3(N)C(F)(F)F)C2CC2)cc2cccnc12. The predicted octanol–water partition coefficient (Wildman–Crippen LogP) is 4.58. The van der Waals surface area contributed by atoms with Gasteiger partial charge < -0.3 is 25.6 Å². The summed E-state index contributed by atoms with van der Waals surface area (Å²) >= 11 is 0. The zero-order valence-electron chi connectivity index (χ0n) is 22.3. The third-order valence-electron chi connectivity index (χ3n) is 7.89. The van der Waals surface area contributed by atoms with Crippen molar-refractivity contribution in [1.29, 1.82) is 0 Å². The Hall–Kier alpha value is -4.29. The number of hydrogen-bond donors (Lipinski definition) is 3. The number of nitrogens with zero attached hydrogens (tertiary/aromatic N) is 2. The van der Waals surface area contributed by atoms with Gasteiger partial charge in [0.15, 0.2) is 11.3 Å². The quantitative estimate of drug-likeness (QED) is 0.273. The molecule has 1 aliphatic heterocycles. The summed E-state index contributed by atoms with van der Waals surface area (Å²) in [6.07, 6.45) is -2.15. The van der Waals surface area contributed by atoms with Gasteiger partial charge in [0.1, 0.15) is 35.0 Å². The summed E-state index contributed by atoms with van der Waals surface area (Å²) in [6.45, 7) is -1.23. The second-order valence-corrected chi connectivity index (χ2v) is 10.6. The van der Waals surface area contributed by atoms with E-state index in [1.165, 1.54) is 25.3 Å². The Balaban J connectivity index is 1.40. The molecule has 0 radical (unpaired) electrons. The van der Waals surface area contributed by atoms with Gasteiger partial charge in [-0.05, 0) is 67.3 Å². The van der Waals surface area contributed by atoms with Gasteiger partial charge in [0.2, 0.25) is 0 Å². The van der Waals surface area contributed by atoms with Crippen LogP contribution in [0.1, 0.15) is 34.5 Å². The lowest BCUT2D eigenvalue weighted by molar-refractivity contribution is -0.191. The number of methoxy groups -OCH3 is 1. The second kappa shape index (κ2) is 9.92. The van der Waals surface area contributed by atoms with E-state index in [0.29, 0.717) is 29.5 Å². The smallest absolute Gasteiger partial charge is 0.414 e. The van der Waals surface area contributed by atoms with E-state index in [1.54, 1.807) is 24.4 Å². The lowest BCUT2D eigenvalue weighted by Crippen LogP contribution is -2.52. The molecule has 0 bridgehead atoms. The maximum absolute atomic E-state index is 14.2. The van der Waals surface area contributed by atoms with Gasteiger partial charge in [-0.3, -0.25) is 9.78 Å². The standard InChI is InChI=1S/C30H26F4N4O4/c1-41-22-12-18(11-17-3-2-10-36-24(17)22)27(39)37-14-28(40,19-6-7-19)23-13-21-26(42-15-29(21,35)30(32,33)34)25(38-23)16-4-8-20(31)9-5-16/h2-5,8-13,19,40H,6-7,14-15,35H2,1H3,(H,37,39). The van der Waals surface area contributed by atoms with Crippen LogP contribution in [0.4, 0.5) is 17.6 Å². The number of aromatic nitrogens is 2. The highest BCUT2D eigenvalue weighted by Crippen LogP contribution is 2.52. The number of benzene rings is 2. The van der Waals surface area contributed by atoms with Crippen LogP contribution in [0.5, 0.6) is 11.5 Å². The molecule has 2 aromatic carbocycles. The number of nitrogens with one attached hydrogen (secondary N) is 1. The maximum atomic E-state index is 14.2. The first-order valence-electron chi connectivity index (χ1n) is 13.2. The van der Waals surface area contributed by atoms with E-state index in [-0.39, 0.29) is 40.7 Å². The maximum Gasteiger partial charge on any atom is 0.414 e. The molecule has 2 atom stereocenters. The van der Waals surface area contributed by atoms with E-state index in [9.17, 15) is 27.5 Å². The molecule has 2 unspecified atom stereocenters. The molecular formula is C30H26F4N4O4. The van der Waals surface area contributed by atoms with Crippen molar-refractivity contribution in [3.8, 4) is 22.8 Å². The lowest BCUT2D eigenvalue weighted by Gasteiger charge is -2.31. The summed E-state index contributed by atoms with van der Waals surface area (Å²) in [5.74, 6) is -1.28. The van der Waals surface area contributed by atoms with Crippen LogP contribution in [0.15, 0.2) is 60.8 Å². The molecule has 2 aliphatic rings. The number of carbonyl (C=O) groups excluding carboxylic acids is 1. The molecule has 6 rings (SSSR count). The van der Waals surface area contributed by atoms with E-state index in [1.807, 2.05) is 0 Å². The van der Waals surface area contributed by atoms with Crippen LogP contribution in [0, 0.1) is 11.7 Å². The Morgan fingerprint density at radius 2 is 1.93 bits per heavy atom. The number of alkyl halides is 3. The van der Waals surface area contributed by atoms with Crippen molar-refractivity contribution >= 4 is 16.8 Å². The van der Waals surface area contributed by atoms with Crippen LogP contribution >= 0.6 is 0 Å². The van der Waals surface area contributed by atoms with Crippen molar-refractivity contribution in [3.63, 3.8) is 0 Å². The number of ether oxygens (including phenoxy) is 2. The van der Waals surface area contributed by atoms with Crippen LogP contribution in [0.25, 0.3) is 22.2 Å². The number of halogens is 4. The summed E-state index contributed by atoms with van der Waals surface area (Å²) in [5, 5.41) is 15.4. The monoisotopic (exact) mass is 582 g/mol. The third kappa shape index (κ3) is 4.60. The molecule has 42 heavy (non-hydrogen) atoms. The summed E-state index contributed by atoms with van der Waals surface area (Å²) in [5.41, 5.74) is 1.76. The Labute approximate surface area is 237 Å².